The first kappa shape index (κ1) is 9.98. The second-order valence-corrected chi connectivity index (χ2v) is 4.28. The summed E-state index contributed by atoms with van der Waals surface area (Å²) in [6.45, 7) is 0. The van der Waals surface area contributed by atoms with Crippen molar-refractivity contribution in [3.63, 3.8) is 0 Å². The lowest BCUT2D eigenvalue weighted by Crippen LogP contribution is -2.31. The van der Waals surface area contributed by atoms with Gasteiger partial charge in [0.05, 0.1) is 19.7 Å². The number of para-hydroxylation sites is 1. The van der Waals surface area contributed by atoms with Gasteiger partial charge < -0.3 is 4.42 Å². The van der Waals surface area contributed by atoms with Crippen LogP contribution in [-0.4, -0.2) is 30.0 Å². The summed E-state index contributed by atoms with van der Waals surface area (Å²) in [5.74, 6) is -0.344. The van der Waals surface area contributed by atoms with E-state index in [0.717, 1.165) is 11.3 Å². The molecule has 0 saturated heterocycles. The Morgan fingerprint density at radius 1 is 1.29 bits per heavy atom. The second-order valence-electron chi connectivity index (χ2n) is 4.28. The summed E-state index contributed by atoms with van der Waals surface area (Å²) in [5.41, 5.74) is 2.59. The van der Waals surface area contributed by atoms with E-state index in [2.05, 4.69) is 15.3 Å². The van der Waals surface area contributed by atoms with Crippen LogP contribution in [0.3, 0.4) is 0 Å². The molecule has 2 heterocycles. The van der Waals surface area contributed by atoms with E-state index >= 15 is 0 Å². The number of nitrogens with zero attached hydrogens (tertiary/aromatic N) is 3. The van der Waals surface area contributed by atoms with Crippen LogP contribution in [0, 0.1) is 0 Å². The largest absolute Gasteiger partial charge is 0.434 e. The first-order valence-corrected chi connectivity index (χ1v) is 5.18. The van der Waals surface area contributed by atoms with Gasteiger partial charge in [0.25, 0.3) is 5.89 Å². The van der Waals surface area contributed by atoms with Crippen LogP contribution in [0.25, 0.3) is 0 Å². The summed E-state index contributed by atoms with van der Waals surface area (Å²) in [5, 5.41) is 10.6. The molecule has 1 aliphatic rings. The fraction of sp³-hybridized carbons (Fsp3) is 0.182. The maximum Gasteiger partial charge on any atom is 0.434 e. The minimum absolute atomic E-state index is 0.228. The van der Waals surface area contributed by atoms with E-state index in [4.69, 9.17) is 4.42 Å². The van der Waals surface area contributed by atoms with Crippen LogP contribution in [0.5, 0.6) is 0 Å². The molecule has 0 radical (unpaired) electrons. The molecule has 1 aliphatic heterocycles. The standard InChI is InChI=1S/C11H10N4O2/c1-15(2)8-6-4-3-5-7(8)9(14-15)10-12-13-11(16)17-10/h3-6H,1-2H3/p+1. The number of aromatic nitrogens is 2. The zero-order valence-corrected chi connectivity index (χ0v) is 9.47. The molecule has 0 unspecified atom stereocenters. The molecule has 0 saturated carbocycles. The van der Waals surface area contributed by atoms with Gasteiger partial charge in [-0.25, -0.2) is 9.89 Å². The van der Waals surface area contributed by atoms with Crippen molar-refractivity contribution in [2.75, 3.05) is 14.1 Å². The van der Waals surface area contributed by atoms with E-state index in [9.17, 15) is 4.79 Å². The number of rotatable bonds is 1. The molecule has 1 aromatic heterocycles. The highest BCUT2D eigenvalue weighted by atomic mass is 16.4. The van der Waals surface area contributed by atoms with Gasteiger partial charge in [0, 0.05) is 6.07 Å². The minimum Gasteiger partial charge on any atom is -0.386 e. The van der Waals surface area contributed by atoms with Crippen LogP contribution >= 0.6 is 0 Å². The Balaban J connectivity index is 2.23. The van der Waals surface area contributed by atoms with Crippen LogP contribution in [0.1, 0.15) is 11.5 Å². The van der Waals surface area contributed by atoms with Crippen LogP contribution in [0.4, 0.5) is 5.69 Å². The summed E-state index contributed by atoms with van der Waals surface area (Å²) in [6, 6.07) is 7.81. The summed E-state index contributed by atoms with van der Waals surface area (Å²) in [6.07, 6.45) is 0. The van der Waals surface area contributed by atoms with Gasteiger partial charge in [-0.1, -0.05) is 17.2 Å². The molecule has 3 rings (SSSR count). The third kappa shape index (κ3) is 1.42. The van der Waals surface area contributed by atoms with E-state index in [-0.39, 0.29) is 5.89 Å². The molecular weight excluding hydrogens is 220 g/mol. The van der Waals surface area contributed by atoms with E-state index < -0.39 is 5.76 Å². The van der Waals surface area contributed by atoms with Gasteiger partial charge in [0.15, 0.2) is 11.4 Å². The topological polar surface area (TPSA) is 71.2 Å². The van der Waals surface area contributed by atoms with Crippen molar-refractivity contribution in [1.82, 2.24) is 14.8 Å². The number of fused-ring (bicyclic) bond motifs is 1. The summed E-state index contributed by atoms with van der Waals surface area (Å²) < 4.78 is 5.32. The fourth-order valence-corrected chi connectivity index (χ4v) is 2.00. The van der Waals surface area contributed by atoms with E-state index in [1.54, 1.807) is 0 Å². The van der Waals surface area contributed by atoms with Crippen molar-refractivity contribution in [3.8, 4) is 0 Å². The first-order chi connectivity index (χ1) is 8.08. The molecule has 86 valence electrons. The smallest absolute Gasteiger partial charge is 0.386 e. The van der Waals surface area contributed by atoms with E-state index in [1.165, 1.54) is 0 Å². The Bertz CT molecular complexity index is 666. The maximum absolute atomic E-state index is 11.0. The van der Waals surface area contributed by atoms with Gasteiger partial charge in [-0.15, -0.1) is 5.10 Å². The molecule has 1 aromatic carbocycles. The summed E-state index contributed by atoms with van der Waals surface area (Å²) >= 11 is 0. The lowest BCUT2D eigenvalue weighted by molar-refractivity contribution is 0.432. The summed E-state index contributed by atoms with van der Waals surface area (Å²) in [4.78, 5) is 11.0. The average molecular weight is 231 g/mol. The predicted octanol–water partition coefficient (Wildman–Crippen LogP) is 0.696. The lowest BCUT2D eigenvalue weighted by atomic mass is 10.1. The Hall–Kier alpha value is -2.21. The van der Waals surface area contributed by atoms with Gasteiger partial charge in [-0.05, 0) is 6.07 Å². The SMILES string of the molecule is C[N+]1(C)N=C(c2n[nH]c(=O)o2)c2ccccc21. The van der Waals surface area contributed by atoms with Crippen molar-refractivity contribution >= 4 is 11.4 Å². The maximum atomic E-state index is 11.0. The molecule has 17 heavy (non-hydrogen) atoms. The number of benzene rings is 1. The second kappa shape index (κ2) is 3.14. The molecule has 0 amide bonds. The number of H-pyrrole nitrogens is 1. The number of hydrogen-bond acceptors (Lipinski definition) is 4. The molecule has 6 heteroatoms. The molecule has 0 bridgehead atoms. The molecule has 0 atom stereocenters. The van der Waals surface area contributed by atoms with Crippen molar-refractivity contribution in [2.45, 2.75) is 0 Å². The highest BCUT2D eigenvalue weighted by Crippen LogP contribution is 2.32. The Kier molecular flexibility index (Phi) is 1.84. The summed E-state index contributed by atoms with van der Waals surface area (Å²) in [7, 11) is 3.91. The number of nitrogens with one attached hydrogen (secondary N) is 1. The van der Waals surface area contributed by atoms with Crippen molar-refractivity contribution in [2.24, 2.45) is 5.10 Å². The zero-order chi connectivity index (χ0) is 12.0. The van der Waals surface area contributed by atoms with E-state index in [0.29, 0.717) is 10.3 Å². The number of quaternary nitrogens is 1. The fourth-order valence-electron chi connectivity index (χ4n) is 2.00. The molecule has 1 N–H and O–H groups in total. The Labute approximate surface area is 96.8 Å². The van der Waals surface area contributed by atoms with Gasteiger partial charge in [0.2, 0.25) is 0 Å². The van der Waals surface area contributed by atoms with Gasteiger partial charge >= 0.3 is 5.76 Å². The van der Waals surface area contributed by atoms with Crippen LogP contribution in [0.15, 0.2) is 38.6 Å². The predicted molar refractivity (Wildman–Crippen MR) is 62.8 cm³/mol. The highest BCUT2D eigenvalue weighted by molar-refractivity contribution is 6.15. The van der Waals surface area contributed by atoms with Gasteiger partial charge in [-0.3, -0.25) is 0 Å². The van der Waals surface area contributed by atoms with Crippen LogP contribution in [0.2, 0.25) is 0 Å². The number of hydrogen-bond donors (Lipinski definition) is 1. The van der Waals surface area contributed by atoms with Crippen LogP contribution < -0.4 is 10.3 Å². The molecule has 2 aromatic rings. The number of aromatic amines is 1. The third-order valence-corrected chi connectivity index (χ3v) is 2.74. The molecule has 6 nitrogen and oxygen atoms in total. The first-order valence-electron chi connectivity index (χ1n) is 5.18. The molecular formula is C11H11N4O2+. The highest BCUT2D eigenvalue weighted by Gasteiger charge is 2.36. The third-order valence-electron chi connectivity index (χ3n) is 2.74. The van der Waals surface area contributed by atoms with Crippen molar-refractivity contribution in [3.05, 3.63) is 46.3 Å². The van der Waals surface area contributed by atoms with Crippen LogP contribution in [-0.2, 0) is 0 Å². The zero-order valence-electron chi connectivity index (χ0n) is 9.47. The Morgan fingerprint density at radius 3 is 2.76 bits per heavy atom. The van der Waals surface area contributed by atoms with Crippen molar-refractivity contribution < 1.29 is 4.42 Å². The monoisotopic (exact) mass is 231 g/mol. The average Bonchev–Trinajstić information content (AvgIpc) is 2.82. The molecule has 0 spiro atoms. The van der Waals surface area contributed by atoms with Gasteiger partial charge in [0.1, 0.15) is 0 Å². The Morgan fingerprint density at radius 2 is 2.06 bits per heavy atom. The van der Waals surface area contributed by atoms with E-state index in [1.807, 2.05) is 38.4 Å². The molecule has 0 aliphatic carbocycles. The lowest BCUT2D eigenvalue weighted by Gasteiger charge is -2.17. The quantitative estimate of drug-likeness (QED) is 0.734. The minimum atomic E-state index is -0.572. The normalized spacial score (nSPS) is 16.7. The van der Waals surface area contributed by atoms with Crippen molar-refractivity contribution in [1.29, 1.82) is 0 Å². The van der Waals surface area contributed by atoms with Gasteiger partial charge in [-0.2, -0.15) is 4.59 Å². The molecule has 0 fully saturated rings.